The summed E-state index contributed by atoms with van der Waals surface area (Å²) in [7, 11) is 0. The van der Waals surface area contributed by atoms with Gasteiger partial charge in [-0.25, -0.2) is 4.98 Å². The molecule has 1 fully saturated rings. The van der Waals surface area contributed by atoms with Gasteiger partial charge in [-0.2, -0.15) is 0 Å². The van der Waals surface area contributed by atoms with Crippen LogP contribution in [0.3, 0.4) is 0 Å². The molecule has 0 saturated carbocycles. The molecule has 0 N–H and O–H groups in total. The van der Waals surface area contributed by atoms with E-state index in [-0.39, 0.29) is 5.91 Å². The standard InChI is InChI=1S/C24H27ClN4O2/c1-17-14-19(15-18(2)24(17)25)31-13-5-8-23(30)29-11-9-28(10-12-29)22-16-26-20-6-3-4-7-21(20)27-22/h3-4,6-7,14-16H,5,8-13H2,1-2H3. The molecule has 7 heteroatoms. The summed E-state index contributed by atoms with van der Waals surface area (Å²) >= 11 is 6.20. The predicted molar refractivity (Wildman–Crippen MR) is 124 cm³/mol. The number of halogens is 1. The quantitative estimate of drug-likeness (QED) is 0.533. The van der Waals surface area contributed by atoms with Crippen molar-refractivity contribution in [1.29, 1.82) is 0 Å². The van der Waals surface area contributed by atoms with E-state index >= 15 is 0 Å². The minimum atomic E-state index is 0.177. The lowest BCUT2D eigenvalue weighted by molar-refractivity contribution is -0.131. The zero-order valence-corrected chi connectivity index (χ0v) is 18.7. The molecule has 162 valence electrons. The van der Waals surface area contributed by atoms with Gasteiger partial charge in [0.05, 0.1) is 23.8 Å². The molecule has 1 saturated heterocycles. The molecule has 1 aliphatic rings. The Hall–Kier alpha value is -2.86. The van der Waals surface area contributed by atoms with Gasteiger partial charge in [-0.1, -0.05) is 23.7 Å². The number of nitrogens with zero attached hydrogens (tertiary/aromatic N) is 4. The second-order valence-corrected chi connectivity index (χ2v) is 8.29. The van der Waals surface area contributed by atoms with Crippen molar-refractivity contribution in [3.05, 3.63) is 58.7 Å². The van der Waals surface area contributed by atoms with E-state index < -0.39 is 0 Å². The monoisotopic (exact) mass is 438 g/mol. The van der Waals surface area contributed by atoms with E-state index in [2.05, 4.69) is 9.88 Å². The van der Waals surface area contributed by atoms with Crippen LogP contribution in [-0.4, -0.2) is 53.6 Å². The molecule has 0 radical (unpaired) electrons. The smallest absolute Gasteiger partial charge is 0.222 e. The van der Waals surface area contributed by atoms with E-state index in [1.165, 1.54) is 0 Å². The number of piperazine rings is 1. The number of hydrogen-bond acceptors (Lipinski definition) is 5. The van der Waals surface area contributed by atoms with Crippen molar-refractivity contribution in [1.82, 2.24) is 14.9 Å². The van der Waals surface area contributed by atoms with Gasteiger partial charge in [-0.15, -0.1) is 0 Å². The average Bonchev–Trinajstić information content (AvgIpc) is 2.80. The molecule has 1 amide bonds. The van der Waals surface area contributed by atoms with Crippen molar-refractivity contribution in [2.45, 2.75) is 26.7 Å². The lowest BCUT2D eigenvalue weighted by atomic mass is 10.1. The molecule has 1 aromatic heterocycles. The fourth-order valence-corrected chi connectivity index (χ4v) is 3.95. The molecule has 3 aromatic rings. The molecule has 0 atom stereocenters. The van der Waals surface area contributed by atoms with Crippen molar-refractivity contribution >= 4 is 34.4 Å². The Morgan fingerprint density at radius 1 is 1.06 bits per heavy atom. The number of rotatable bonds is 6. The first kappa shape index (κ1) is 21.4. The van der Waals surface area contributed by atoms with E-state index in [9.17, 15) is 4.79 Å². The Bertz CT molecular complexity index is 1060. The molecular formula is C24H27ClN4O2. The fourth-order valence-electron chi connectivity index (χ4n) is 3.85. The summed E-state index contributed by atoms with van der Waals surface area (Å²) in [6.07, 6.45) is 2.99. The van der Waals surface area contributed by atoms with Crippen molar-refractivity contribution in [2.24, 2.45) is 0 Å². The maximum Gasteiger partial charge on any atom is 0.222 e. The minimum absolute atomic E-state index is 0.177. The number of amides is 1. The number of para-hydroxylation sites is 2. The molecule has 6 nitrogen and oxygen atoms in total. The van der Waals surface area contributed by atoms with Crippen LogP contribution in [0.15, 0.2) is 42.6 Å². The average molecular weight is 439 g/mol. The molecular weight excluding hydrogens is 412 g/mol. The molecule has 2 aromatic carbocycles. The third-order valence-electron chi connectivity index (χ3n) is 5.61. The zero-order chi connectivity index (χ0) is 21.8. The number of aryl methyl sites for hydroxylation is 2. The molecule has 31 heavy (non-hydrogen) atoms. The molecule has 0 spiro atoms. The topological polar surface area (TPSA) is 58.6 Å². The first-order valence-corrected chi connectivity index (χ1v) is 11.0. The maximum atomic E-state index is 12.6. The summed E-state index contributed by atoms with van der Waals surface area (Å²) in [5.41, 5.74) is 3.79. The van der Waals surface area contributed by atoms with E-state index in [0.29, 0.717) is 32.5 Å². The van der Waals surface area contributed by atoms with Crippen LogP contribution < -0.4 is 9.64 Å². The van der Waals surface area contributed by atoms with Crippen LogP contribution in [-0.2, 0) is 4.79 Å². The first-order valence-electron chi connectivity index (χ1n) is 10.7. The SMILES string of the molecule is Cc1cc(OCCCC(=O)N2CCN(c3cnc4ccccc4n3)CC2)cc(C)c1Cl. The third kappa shape index (κ3) is 5.07. The van der Waals surface area contributed by atoms with Crippen molar-refractivity contribution in [3.63, 3.8) is 0 Å². The van der Waals surface area contributed by atoms with Gasteiger partial charge in [-0.3, -0.25) is 9.78 Å². The highest BCUT2D eigenvalue weighted by molar-refractivity contribution is 6.32. The summed E-state index contributed by atoms with van der Waals surface area (Å²) in [4.78, 5) is 25.9. The van der Waals surface area contributed by atoms with Crippen LogP contribution in [0.1, 0.15) is 24.0 Å². The first-order chi connectivity index (χ1) is 15.0. The second-order valence-electron chi connectivity index (χ2n) is 7.91. The number of anilines is 1. The number of fused-ring (bicyclic) bond motifs is 1. The summed E-state index contributed by atoms with van der Waals surface area (Å²) in [5.74, 6) is 1.85. The summed E-state index contributed by atoms with van der Waals surface area (Å²) in [6.45, 7) is 7.37. The lowest BCUT2D eigenvalue weighted by Gasteiger charge is -2.35. The minimum Gasteiger partial charge on any atom is -0.494 e. The molecule has 0 aliphatic carbocycles. The van der Waals surface area contributed by atoms with Gasteiger partial charge in [-0.05, 0) is 55.7 Å². The largest absolute Gasteiger partial charge is 0.494 e. The third-order valence-corrected chi connectivity index (χ3v) is 6.20. The second kappa shape index (κ2) is 9.52. The number of carbonyl (C=O) groups is 1. The van der Waals surface area contributed by atoms with E-state index in [1.54, 1.807) is 0 Å². The molecule has 0 unspecified atom stereocenters. The summed E-state index contributed by atoms with van der Waals surface area (Å²) < 4.78 is 5.82. The summed E-state index contributed by atoms with van der Waals surface area (Å²) in [5, 5.41) is 0.774. The van der Waals surface area contributed by atoms with Gasteiger partial charge >= 0.3 is 0 Å². The van der Waals surface area contributed by atoms with Crippen LogP contribution in [0.4, 0.5) is 5.82 Å². The van der Waals surface area contributed by atoms with Crippen LogP contribution in [0.25, 0.3) is 11.0 Å². The zero-order valence-electron chi connectivity index (χ0n) is 18.0. The molecule has 0 bridgehead atoms. The van der Waals surface area contributed by atoms with E-state index in [4.69, 9.17) is 21.3 Å². The maximum absolute atomic E-state index is 12.6. The van der Waals surface area contributed by atoms with Crippen LogP contribution >= 0.6 is 11.6 Å². The predicted octanol–water partition coefficient (Wildman–Crippen LogP) is 4.41. The Balaban J connectivity index is 1.23. The van der Waals surface area contributed by atoms with Gasteiger partial charge < -0.3 is 14.5 Å². The van der Waals surface area contributed by atoms with Crippen molar-refractivity contribution in [2.75, 3.05) is 37.7 Å². The van der Waals surface area contributed by atoms with Gasteiger partial charge in [0.2, 0.25) is 5.91 Å². The Kier molecular flexibility index (Phi) is 6.56. The van der Waals surface area contributed by atoms with Gasteiger partial charge in [0.1, 0.15) is 11.6 Å². The number of carbonyl (C=O) groups excluding carboxylic acids is 1. The van der Waals surface area contributed by atoms with E-state index in [1.807, 2.05) is 61.3 Å². The lowest BCUT2D eigenvalue weighted by Crippen LogP contribution is -2.49. The Morgan fingerprint density at radius 3 is 2.45 bits per heavy atom. The van der Waals surface area contributed by atoms with Gasteiger partial charge in [0, 0.05) is 37.6 Å². The Morgan fingerprint density at radius 2 is 1.74 bits per heavy atom. The number of aromatic nitrogens is 2. The fraction of sp³-hybridized carbons (Fsp3) is 0.375. The molecule has 2 heterocycles. The highest BCUT2D eigenvalue weighted by atomic mass is 35.5. The molecule has 1 aliphatic heterocycles. The van der Waals surface area contributed by atoms with E-state index in [0.717, 1.165) is 51.8 Å². The van der Waals surface area contributed by atoms with Crippen molar-refractivity contribution < 1.29 is 9.53 Å². The van der Waals surface area contributed by atoms with Gasteiger partial charge in [0.15, 0.2) is 0 Å². The summed E-state index contributed by atoms with van der Waals surface area (Å²) in [6, 6.07) is 11.7. The van der Waals surface area contributed by atoms with Crippen molar-refractivity contribution in [3.8, 4) is 5.75 Å². The highest BCUT2D eigenvalue weighted by Crippen LogP contribution is 2.26. The molecule has 4 rings (SSSR count). The Labute approximate surface area is 187 Å². The normalized spacial score (nSPS) is 14.2. The number of hydrogen-bond donors (Lipinski definition) is 0. The number of ether oxygens (including phenoxy) is 1. The van der Waals surface area contributed by atoms with Crippen LogP contribution in [0.5, 0.6) is 5.75 Å². The van der Waals surface area contributed by atoms with Crippen LogP contribution in [0, 0.1) is 13.8 Å². The highest BCUT2D eigenvalue weighted by Gasteiger charge is 2.22. The number of benzene rings is 2. The van der Waals surface area contributed by atoms with Crippen LogP contribution in [0.2, 0.25) is 5.02 Å². The van der Waals surface area contributed by atoms with Gasteiger partial charge in [0.25, 0.3) is 0 Å².